The van der Waals surface area contributed by atoms with Crippen LogP contribution in [0.2, 0.25) is 0 Å². The van der Waals surface area contributed by atoms with E-state index in [-0.39, 0.29) is 17.4 Å². The number of hydrogen-bond acceptors (Lipinski definition) is 4. The van der Waals surface area contributed by atoms with Crippen LogP contribution in [-0.2, 0) is 0 Å². The lowest BCUT2D eigenvalue weighted by Gasteiger charge is -2.11. The third-order valence-corrected chi connectivity index (χ3v) is 3.93. The zero-order chi connectivity index (χ0) is 18.4. The summed E-state index contributed by atoms with van der Waals surface area (Å²) in [7, 11) is 1.35. The molecule has 0 bridgehead atoms. The molecular weight excluding hydrogens is 398 g/mol. The molecule has 25 heavy (non-hydrogen) atoms. The van der Waals surface area contributed by atoms with Gasteiger partial charge in [0.1, 0.15) is 0 Å². The van der Waals surface area contributed by atoms with Crippen molar-refractivity contribution in [2.24, 2.45) is 5.10 Å². The lowest BCUT2D eigenvalue weighted by molar-refractivity contribution is -0.0512. The topological polar surface area (TPSA) is 59.9 Å². The van der Waals surface area contributed by atoms with E-state index in [4.69, 9.17) is 4.74 Å². The predicted octanol–water partition coefficient (Wildman–Crippen LogP) is 4.21. The number of carbonyl (C=O) groups is 1. The molecule has 5 nitrogen and oxygen atoms in total. The average molecular weight is 413 g/mol. The number of hydrogen-bond donors (Lipinski definition) is 1. The molecular formula is C17H15BrF2N2O3. The number of nitrogens with one attached hydrogen (secondary N) is 1. The Morgan fingerprint density at radius 2 is 1.92 bits per heavy atom. The Balaban J connectivity index is 2.16. The number of carbonyl (C=O) groups excluding carboxylic acids is 1. The van der Waals surface area contributed by atoms with Crippen molar-refractivity contribution in [2.75, 3.05) is 7.11 Å². The molecule has 0 heterocycles. The van der Waals surface area contributed by atoms with E-state index in [0.717, 1.165) is 0 Å². The summed E-state index contributed by atoms with van der Waals surface area (Å²) >= 11 is 3.29. The lowest BCUT2D eigenvalue weighted by Crippen LogP contribution is -2.19. The smallest absolute Gasteiger partial charge is 0.387 e. The molecule has 0 aliphatic heterocycles. The van der Waals surface area contributed by atoms with Gasteiger partial charge in [-0.2, -0.15) is 13.9 Å². The van der Waals surface area contributed by atoms with Crippen molar-refractivity contribution in [3.05, 3.63) is 58.1 Å². The van der Waals surface area contributed by atoms with E-state index < -0.39 is 6.61 Å². The summed E-state index contributed by atoms with van der Waals surface area (Å²) < 4.78 is 34.7. The summed E-state index contributed by atoms with van der Waals surface area (Å²) in [6, 6.07) is 11.3. The average Bonchev–Trinajstić information content (AvgIpc) is 2.59. The fourth-order valence-corrected chi connectivity index (χ4v) is 2.46. The van der Waals surface area contributed by atoms with E-state index in [2.05, 4.69) is 31.2 Å². The maximum Gasteiger partial charge on any atom is 0.387 e. The Bertz CT molecular complexity index is 797. The van der Waals surface area contributed by atoms with E-state index in [0.29, 0.717) is 21.3 Å². The first-order chi connectivity index (χ1) is 11.9. The highest BCUT2D eigenvalue weighted by Gasteiger charge is 2.13. The maximum atomic E-state index is 12.3. The number of amides is 1. The van der Waals surface area contributed by atoms with E-state index in [9.17, 15) is 13.6 Å². The molecule has 0 fully saturated rings. The van der Waals surface area contributed by atoms with Crippen molar-refractivity contribution >= 4 is 27.5 Å². The third kappa shape index (κ3) is 4.99. The molecule has 132 valence electrons. The van der Waals surface area contributed by atoms with Crippen LogP contribution in [0.3, 0.4) is 0 Å². The van der Waals surface area contributed by atoms with E-state index in [1.165, 1.54) is 19.2 Å². The van der Waals surface area contributed by atoms with Crippen LogP contribution in [-0.4, -0.2) is 25.3 Å². The molecule has 0 saturated carbocycles. The van der Waals surface area contributed by atoms with Crippen molar-refractivity contribution < 1.29 is 23.0 Å². The third-order valence-electron chi connectivity index (χ3n) is 3.24. The summed E-state index contributed by atoms with van der Waals surface area (Å²) in [5.74, 6) is -0.313. The van der Waals surface area contributed by atoms with E-state index >= 15 is 0 Å². The molecule has 1 N–H and O–H groups in total. The van der Waals surface area contributed by atoms with Gasteiger partial charge in [-0.15, -0.1) is 0 Å². The van der Waals surface area contributed by atoms with E-state index in [1.807, 2.05) is 0 Å². The molecule has 1 amide bonds. The zero-order valence-corrected chi connectivity index (χ0v) is 15.0. The van der Waals surface area contributed by atoms with Crippen LogP contribution in [0.5, 0.6) is 11.5 Å². The normalized spacial score (nSPS) is 11.4. The predicted molar refractivity (Wildman–Crippen MR) is 93.4 cm³/mol. The van der Waals surface area contributed by atoms with Crippen molar-refractivity contribution in [3.8, 4) is 11.5 Å². The number of ether oxygens (including phenoxy) is 2. The SMILES string of the molecule is COc1cc(/C(C)=N\NC(=O)c2ccccc2Br)ccc1OC(F)F. The Hall–Kier alpha value is -2.48. The number of alkyl halides is 2. The first-order valence-corrected chi connectivity index (χ1v) is 7.94. The van der Waals surface area contributed by atoms with Crippen molar-refractivity contribution in [1.82, 2.24) is 5.43 Å². The first kappa shape index (κ1) is 18.9. The molecule has 0 spiro atoms. The second kappa shape index (κ2) is 8.57. The molecule has 0 aromatic heterocycles. The van der Waals surface area contributed by atoms with Crippen LogP contribution in [0.15, 0.2) is 52.0 Å². The van der Waals surface area contributed by atoms with Gasteiger partial charge in [0, 0.05) is 10.0 Å². The quantitative estimate of drug-likeness (QED) is 0.570. The number of benzene rings is 2. The Labute approximate surface area is 151 Å². The van der Waals surface area contributed by atoms with Crippen LogP contribution in [0.1, 0.15) is 22.8 Å². The molecule has 2 rings (SSSR count). The summed E-state index contributed by atoms with van der Waals surface area (Å²) in [4.78, 5) is 12.1. The highest BCUT2D eigenvalue weighted by Crippen LogP contribution is 2.29. The highest BCUT2D eigenvalue weighted by atomic mass is 79.9. The molecule has 0 unspecified atom stereocenters. The summed E-state index contributed by atoms with van der Waals surface area (Å²) in [6.45, 7) is -1.28. The largest absolute Gasteiger partial charge is 0.493 e. The molecule has 0 aliphatic carbocycles. The van der Waals surface area contributed by atoms with Crippen LogP contribution >= 0.6 is 15.9 Å². The van der Waals surface area contributed by atoms with Gasteiger partial charge in [-0.1, -0.05) is 12.1 Å². The first-order valence-electron chi connectivity index (χ1n) is 7.14. The molecule has 2 aromatic rings. The summed E-state index contributed by atoms with van der Waals surface area (Å²) in [6.07, 6.45) is 0. The van der Waals surface area contributed by atoms with Crippen molar-refractivity contribution in [3.63, 3.8) is 0 Å². The second-order valence-corrected chi connectivity index (χ2v) is 5.72. The van der Waals surface area contributed by atoms with Gasteiger partial charge in [0.2, 0.25) is 0 Å². The minimum atomic E-state index is -2.95. The van der Waals surface area contributed by atoms with Crippen LogP contribution in [0.4, 0.5) is 8.78 Å². The van der Waals surface area contributed by atoms with Gasteiger partial charge in [-0.3, -0.25) is 4.79 Å². The van der Waals surface area contributed by atoms with Gasteiger partial charge in [-0.25, -0.2) is 5.43 Å². The summed E-state index contributed by atoms with van der Waals surface area (Å²) in [5.41, 5.74) is 3.95. The van der Waals surface area contributed by atoms with Gasteiger partial charge in [0.25, 0.3) is 5.91 Å². The number of rotatable bonds is 6. The molecule has 0 aliphatic rings. The molecule has 0 radical (unpaired) electrons. The zero-order valence-electron chi connectivity index (χ0n) is 13.4. The maximum absolute atomic E-state index is 12.3. The Kier molecular flexibility index (Phi) is 6.46. The van der Waals surface area contributed by atoms with Gasteiger partial charge in [0.05, 0.1) is 18.4 Å². The number of methoxy groups -OCH3 is 1. The Morgan fingerprint density at radius 1 is 1.20 bits per heavy atom. The molecule has 8 heteroatoms. The molecule has 2 aromatic carbocycles. The fourth-order valence-electron chi connectivity index (χ4n) is 1.99. The van der Waals surface area contributed by atoms with Crippen LogP contribution < -0.4 is 14.9 Å². The number of nitrogens with zero attached hydrogens (tertiary/aromatic N) is 1. The fraction of sp³-hybridized carbons (Fsp3) is 0.176. The van der Waals surface area contributed by atoms with Crippen LogP contribution in [0.25, 0.3) is 0 Å². The molecule has 0 atom stereocenters. The van der Waals surface area contributed by atoms with Gasteiger partial charge in [-0.05, 0) is 53.2 Å². The van der Waals surface area contributed by atoms with E-state index in [1.54, 1.807) is 37.3 Å². The lowest BCUT2D eigenvalue weighted by atomic mass is 10.1. The monoisotopic (exact) mass is 412 g/mol. The minimum absolute atomic E-state index is 0.0775. The summed E-state index contributed by atoms with van der Waals surface area (Å²) in [5, 5.41) is 4.03. The molecule has 0 saturated heterocycles. The van der Waals surface area contributed by atoms with Crippen molar-refractivity contribution in [1.29, 1.82) is 0 Å². The number of hydrazone groups is 1. The minimum Gasteiger partial charge on any atom is -0.493 e. The van der Waals surface area contributed by atoms with Crippen molar-refractivity contribution in [2.45, 2.75) is 13.5 Å². The van der Waals surface area contributed by atoms with Crippen LogP contribution in [0, 0.1) is 0 Å². The van der Waals surface area contributed by atoms with Gasteiger partial charge >= 0.3 is 6.61 Å². The van der Waals surface area contributed by atoms with Gasteiger partial charge in [0.15, 0.2) is 11.5 Å². The highest BCUT2D eigenvalue weighted by molar-refractivity contribution is 9.10. The standard InChI is InChI=1S/C17H15BrF2N2O3/c1-10(21-22-16(23)12-5-3-4-6-13(12)18)11-7-8-14(25-17(19)20)15(9-11)24-2/h3-9,17H,1-2H3,(H,22,23)/b21-10-. The Morgan fingerprint density at radius 3 is 2.56 bits per heavy atom. The van der Waals surface area contributed by atoms with Gasteiger partial charge < -0.3 is 9.47 Å². The number of halogens is 3. The second-order valence-electron chi connectivity index (χ2n) is 4.86.